The number of hydrogen-bond donors (Lipinski definition) is 0. The van der Waals surface area contributed by atoms with Crippen molar-refractivity contribution < 1.29 is 4.42 Å². The van der Waals surface area contributed by atoms with Crippen LogP contribution in [0.5, 0.6) is 0 Å². The standard InChI is InChI=1S/C70H46N2O/c1-2-17-56-49(15-1)16-13-24-57(56)50-37-43-54(44-38-50)71(53-41-35-48(36-42-53)47-31-33-52(34-32-47)59-25-14-26-65-64-23-8-12-30-69(64)73-70(59)65)55-45-39-51(40-46-55)58-18-3-4-19-60(58)61-20-5-9-27-66(61)72-67-28-10-6-21-62(67)63-22-7-11-29-68(63)72/h1-46H. The second kappa shape index (κ2) is 17.6. The lowest BCUT2D eigenvalue weighted by Crippen LogP contribution is -2.09. The number of aromatic nitrogens is 1. The Hall–Kier alpha value is -9.70. The number of benzene rings is 12. The van der Waals surface area contributed by atoms with Crippen LogP contribution in [0, 0.1) is 0 Å². The third-order valence-corrected chi connectivity index (χ3v) is 14.7. The zero-order valence-electron chi connectivity index (χ0n) is 39.9. The van der Waals surface area contributed by atoms with Crippen LogP contribution in [0.2, 0.25) is 0 Å². The van der Waals surface area contributed by atoms with Crippen molar-refractivity contribution in [3.63, 3.8) is 0 Å². The molecule has 0 radical (unpaired) electrons. The van der Waals surface area contributed by atoms with Gasteiger partial charge in [-0.05, 0) is 116 Å². The Kier molecular flexibility index (Phi) is 10.2. The highest BCUT2D eigenvalue weighted by Crippen LogP contribution is 2.43. The summed E-state index contributed by atoms with van der Waals surface area (Å²) in [4.78, 5) is 2.36. The molecule has 0 unspecified atom stereocenters. The lowest BCUT2D eigenvalue weighted by atomic mass is 9.93. The van der Waals surface area contributed by atoms with Crippen LogP contribution in [-0.4, -0.2) is 4.57 Å². The van der Waals surface area contributed by atoms with E-state index >= 15 is 0 Å². The van der Waals surface area contributed by atoms with Gasteiger partial charge >= 0.3 is 0 Å². The summed E-state index contributed by atoms with van der Waals surface area (Å²) in [6, 6.07) is 101. The van der Waals surface area contributed by atoms with Gasteiger partial charge < -0.3 is 13.9 Å². The molecule has 342 valence electrons. The molecular weight excluding hydrogens is 885 g/mol. The maximum atomic E-state index is 6.39. The molecule has 0 amide bonds. The quantitative estimate of drug-likeness (QED) is 0.144. The van der Waals surface area contributed by atoms with Gasteiger partial charge in [0.15, 0.2) is 0 Å². The molecule has 14 rings (SSSR count). The van der Waals surface area contributed by atoms with E-state index in [0.717, 1.165) is 72.5 Å². The van der Waals surface area contributed by atoms with Gasteiger partial charge in [0, 0.05) is 49.7 Å². The van der Waals surface area contributed by atoms with Crippen molar-refractivity contribution >= 4 is 71.6 Å². The summed E-state index contributed by atoms with van der Waals surface area (Å²) in [5.74, 6) is 0. The van der Waals surface area contributed by atoms with Crippen molar-refractivity contribution in [3.8, 4) is 61.3 Å². The maximum absolute atomic E-state index is 6.39. The summed E-state index contributed by atoms with van der Waals surface area (Å²) in [5.41, 5.74) is 20.2. The first-order valence-electron chi connectivity index (χ1n) is 25.0. The summed E-state index contributed by atoms with van der Waals surface area (Å²) in [5, 5.41) is 7.27. The lowest BCUT2D eigenvalue weighted by molar-refractivity contribution is 0.670. The second-order valence-corrected chi connectivity index (χ2v) is 18.8. The molecule has 73 heavy (non-hydrogen) atoms. The van der Waals surface area contributed by atoms with Crippen molar-refractivity contribution in [3.05, 3.63) is 279 Å². The average molecular weight is 931 g/mol. The van der Waals surface area contributed by atoms with Crippen LogP contribution in [0.4, 0.5) is 17.1 Å². The van der Waals surface area contributed by atoms with E-state index < -0.39 is 0 Å². The van der Waals surface area contributed by atoms with E-state index in [0.29, 0.717) is 0 Å². The van der Waals surface area contributed by atoms with Crippen LogP contribution in [0.15, 0.2) is 283 Å². The van der Waals surface area contributed by atoms with Gasteiger partial charge in [-0.1, -0.05) is 218 Å². The molecule has 0 aliphatic rings. The van der Waals surface area contributed by atoms with Gasteiger partial charge in [0.25, 0.3) is 0 Å². The molecule has 0 saturated carbocycles. The van der Waals surface area contributed by atoms with Gasteiger partial charge in [0.2, 0.25) is 0 Å². The predicted octanol–water partition coefficient (Wildman–Crippen LogP) is 19.6. The van der Waals surface area contributed by atoms with E-state index in [-0.39, 0.29) is 0 Å². The molecule has 2 heterocycles. The minimum atomic E-state index is 0.909. The fraction of sp³-hybridized carbons (Fsp3) is 0. The highest BCUT2D eigenvalue weighted by atomic mass is 16.3. The number of fused-ring (bicyclic) bond motifs is 7. The molecule has 0 spiro atoms. The van der Waals surface area contributed by atoms with Gasteiger partial charge in [-0.15, -0.1) is 0 Å². The zero-order chi connectivity index (χ0) is 48.2. The van der Waals surface area contributed by atoms with Crippen molar-refractivity contribution in [2.75, 3.05) is 4.90 Å². The van der Waals surface area contributed by atoms with E-state index in [9.17, 15) is 0 Å². The van der Waals surface area contributed by atoms with Crippen molar-refractivity contribution in [2.24, 2.45) is 0 Å². The highest BCUT2D eigenvalue weighted by Gasteiger charge is 2.19. The van der Waals surface area contributed by atoms with Gasteiger partial charge in [-0.25, -0.2) is 0 Å². The van der Waals surface area contributed by atoms with Crippen molar-refractivity contribution in [1.82, 2.24) is 4.57 Å². The Morgan fingerprint density at radius 1 is 0.260 bits per heavy atom. The van der Waals surface area contributed by atoms with Crippen LogP contribution in [0.1, 0.15) is 0 Å². The van der Waals surface area contributed by atoms with E-state index in [1.165, 1.54) is 60.4 Å². The third kappa shape index (κ3) is 7.29. The van der Waals surface area contributed by atoms with Crippen LogP contribution < -0.4 is 4.90 Å². The number of rotatable bonds is 9. The molecule has 0 bridgehead atoms. The molecule has 0 atom stereocenters. The molecule has 12 aromatic carbocycles. The van der Waals surface area contributed by atoms with Crippen LogP contribution in [-0.2, 0) is 0 Å². The third-order valence-electron chi connectivity index (χ3n) is 14.7. The molecule has 3 heteroatoms. The van der Waals surface area contributed by atoms with Gasteiger partial charge in [0.05, 0.1) is 16.7 Å². The van der Waals surface area contributed by atoms with E-state index in [1.807, 2.05) is 12.1 Å². The number of hydrogen-bond acceptors (Lipinski definition) is 2. The Morgan fingerprint density at radius 3 is 1.34 bits per heavy atom. The molecule has 2 aromatic heterocycles. The van der Waals surface area contributed by atoms with Crippen molar-refractivity contribution in [2.45, 2.75) is 0 Å². The van der Waals surface area contributed by atoms with Crippen LogP contribution in [0.3, 0.4) is 0 Å². The Morgan fingerprint density at radius 2 is 0.671 bits per heavy atom. The topological polar surface area (TPSA) is 21.3 Å². The van der Waals surface area contributed by atoms with E-state index in [2.05, 4.69) is 276 Å². The Balaban J connectivity index is 0.827. The number of nitrogens with zero attached hydrogens (tertiary/aromatic N) is 2. The summed E-state index contributed by atoms with van der Waals surface area (Å²) >= 11 is 0. The van der Waals surface area contributed by atoms with Gasteiger partial charge in [-0.2, -0.15) is 0 Å². The SMILES string of the molecule is c1ccc(-c2ccccc2-n2c3ccccc3c3ccccc32)c(-c2ccc(N(c3ccc(-c4ccc(-c5cccc6c5oc5ccccc56)cc4)cc3)c3ccc(-c4cccc5ccccc45)cc3)cc2)c1. The molecule has 3 nitrogen and oxygen atoms in total. The molecule has 0 aliphatic carbocycles. The van der Waals surface area contributed by atoms with Gasteiger partial charge in [-0.3, -0.25) is 0 Å². The first-order valence-corrected chi connectivity index (χ1v) is 25.0. The smallest absolute Gasteiger partial charge is 0.143 e. The Labute approximate surface area is 423 Å². The number of para-hydroxylation sites is 5. The summed E-state index contributed by atoms with van der Waals surface area (Å²) in [6.07, 6.45) is 0. The Bertz CT molecular complexity index is 4290. The largest absolute Gasteiger partial charge is 0.455 e. The first kappa shape index (κ1) is 42.2. The zero-order valence-corrected chi connectivity index (χ0v) is 39.9. The summed E-state index contributed by atoms with van der Waals surface area (Å²) in [6.45, 7) is 0. The molecular formula is C70H46N2O. The molecule has 0 aliphatic heterocycles. The van der Waals surface area contributed by atoms with Crippen LogP contribution in [0.25, 0.3) is 116 Å². The van der Waals surface area contributed by atoms with E-state index in [4.69, 9.17) is 4.42 Å². The van der Waals surface area contributed by atoms with Crippen LogP contribution >= 0.6 is 0 Å². The highest BCUT2D eigenvalue weighted by molar-refractivity contribution is 6.11. The first-order chi connectivity index (χ1) is 36.2. The van der Waals surface area contributed by atoms with Gasteiger partial charge in [0.1, 0.15) is 11.2 Å². The molecule has 0 N–H and O–H groups in total. The maximum Gasteiger partial charge on any atom is 0.143 e. The number of anilines is 3. The summed E-state index contributed by atoms with van der Waals surface area (Å²) in [7, 11) is 0. The monoisotopic (exact) mass is 930 g/mol. The molecule has 14 aromatic rings. The molecule has 0 saturated heterocycles. The molecule has 0 fully saturated rings. The predicted molar refractivity (Wildman–Crippen MR) is 307 cm³/mol. The minimum absolute atomic E-state index is 0.909. The minimum Gasteiger partial charge on any atom is -0.455 e. The number of furan rings is 1. The fourth-order valence-corrected chi connectivity index (χ4v) is 11.2. The summed E-state index contributed by atoms with van der Waals surface area (Å²) < 4.78 is 8.82. The second-order valence-electron chi connectivity index (χ2n) is 18.8. The van der Waals surface area contributed by atoms with E-state index in [1.54, 1.807) is 0 Å². The lowest BCUT2D eigenvalue weighted by Gasteiger charge is -2.26. The fourth-order valence-electron chi connectivity index (χ4n) is 11.2. The average Bonchev–Trinajstić information content (AvgIpc) is 4.02. The normalized spacial score (nSPS) is 11.6. The van der Waals surface area contributed by atoms with Crippen molar-refractivity contribution in [1.29, 1.82) is 0 Å².